The van der Waals surface area contributed by atoms with E-state index in [-0.39, 0.29) is 11.4 Å². The summed E-state index contributed by atoms with van der Waals surface area (Å²) in [6.07, 6.45) is 0. The summed E-state index contributed by atoms with van der Waals surface area (Å²) < 4.78 is 13.9. The average molecular weight is 270 g/mol. The van der Waals surface area contributed by atoms with Crippen LogP contribution < -0.4 is 4.90 Å². The van der Waals surface area contributed by atoms with E-state index in [1.165, 1.54) is 11.0 Å². The van der Waals surface area contributed by atoms with Crippen LogP contribution in [0.3, 0.4) is 0 Å². The minimum absolute atomic E-state index is 0.0282. The van der Waals surface area contributed by atoms with Crippen molar-refractivity contribution < 1.29 is 19.2 Å². The van der Waals surface area contributed by atoms with Crippen molar-refractivity contribution >= 4 is 17.3 Å². The Morgan fingerprint density at radius 1 is 1.47 bits per heavy atom. The molecule has 0 aliphatic carbocycles. The van der Waals surface area contributed by atoms with Crippen LogP contribution in [0.15, 0.2) is 18.2 Å². The highest BCUT2D eigenvalue weighted by Gasteiger charge is 2.27. The molecular formula is C12H15FN2O4. The van der Waals surface area contributed by atoms with Gasteiger partial charge in [0.1, 0.15) is 6.54 Å². The number of halogens is 1. The number of anilines is 1. The number of nitro groups is 1. The van der Waals surface area contributed by atoms with Crippen molar-refractivity contribution in [2.45, 2.75) is 26.3 Å². The van der Waals surface area contributed by atoms with Gasteiger partial charge >= 0.3 is 5.97 Å². The van der Waals surface area contributed by atoms with Gasteiger partial charge in [0, 0.05) is 11.6 Å². The molecule has 0 spiro atoms. The van der Waals surface area contributed by atoms with Crippen molar-refractivity contribution in [2.75, 3.05) is 11.4 Å². The first-order valence-electron chi connectivity index (χ1n) is 5.56. The molecule has 0 bridgehead atoms. The van der Waals surface area contributed by atoms with Crippen molar-refractivity contribution in [1.29, 1.82) is 0 Å². The van der Waals surface area contributed by atoms with Crippen LogP contribution in [0.4, 0.5) is 15.8 Å². The molecule has 0 aliphatic heterocycles. The number of rotatable bonds is 4. The maximum atomic E-state index is 13.9. The van der Waals surface area contributed by atoms with Gasteiger partial charge in [0.15, 0.2) is 5.82 Å². The first-order chi connectivity index (χ1) is 8.62. The van der Waals surface area contributed by atoms with E-state index in [1.807, 2.05) is 0 Å². The third kappa shape index (κ3) is 3.64. The fourth-order valence-electron chi connectivity index (χ4n) is 1.65. The van der Waals surface area contributed by atoms with Gasteiger partial charge in [-0.25, -0.2) is 4.39 Å². The Kier molecular flexibility index (Phi) is 4.08. The van der Waals surface area contributed by atoms with Crippen molar-refractivity contribution in [3.8, 4) is 0 Å². The Hall–Kier alpha value is -2.18. The lowest BCUT2D eigenvalue weighted by atomic mass is 10.0. The van der Waals surface area contributed by atoms with Gasteiger partial charge in [0.2, 0.25) is 0 Å². The second-order valence-corrected chi connectivity index (χ2v) is 5.04. The van der Waals surface area contributed by atoms with Gasteiger partial charge in [-0.15, -0.1) is 0 Å². The van der Waals surface area contributed by atoms with E-state index in [9.17, 15) is 19.3 Å². The van der Waals surface area contributed by atoms with Gasteiger partial charge in [-0.2, -0.15) is 0 Å². The number of nitrogens with zero attached hydrogens (tertiary/aromatic N) is 2. The first kappa shape index (κ1) is 14.9. The molecule has 0 saturated carbocycles. The van der Waals surface area contributed by atoms with Crippen molar-refractivity contribution in [3.63, 3.8) is 0 Å². The molecular weight excluding hydrogens is 255 g/mol. The van der Waals surface area contributed by atoms with Crippen LogP contribution in [0, 0.1) is 15.9 Å². The van der Waals surface area contributed by atoms with Crippen LogP contribution in [0.1, 0.15) is 20.8 Å². The van der Waals surface area contributed by atoms with Crippen LogP contribution in [-0.4, -0.2) is 28.1 Å². The Balaban J connectivity index is 3.24. The Morgan fingerprint density at radius 3 is 2.42 bits per heavy atom. The van der Waals surface area contributed by atoms with Gasteiger partial charge in [-0.05, 0) is 26.8 Å². The quantitative estimate of drug-likeness (QED) is 0.671. The molecule has 1 rings (SSSR count). The molecule has 0 heterocycles. The van der Waals surface area contributed by atoms with E-state index in [0.717, 1.165) is 12.1 Å². The van der Waals surface area contributed by atoms with E-state index in [4.69, 9.17) is 5.11 Å². The largest absolute Gasteiger partial charge is 0.480 e. The van der Waals surface area contributed by atoms with E-state index >= 15 is 0 Å². The second-order valence-electron chi connectivity index (χ2n) is 5.04. The van der Waals surface area contributed by atoms with Crippen LogP contribution in [0.2, 0.25) is 0 Å². The van der Waals surface area contributed by atoms with Gasteiger partial charge < -0.3 is 10.0 Å². The smallest absolute Gasteiger partial charge is 0.323 e. The number of carboxylic acids is 1. The topological polar surface area (TPSA) is 83.7 Å². The molecule has 1 aromatic carbocycles. The molecule has 7 heteroatoms. The second kappa shape index (κ2) is 5.21. The molecule has 0 aromatic heterocycles. The SMILES string of the molecule is CC(C)(C)N(CC(=O)O)c1ccc([N+](=O)[O-])cc1F. The normalized spacial score (nSPS) is 11.2. The third-order valence-corrected chi connectivity index (χ3v) is 2.54. The summed E-state index contributed by atoms with van der Waals surface area (Å²) in [5, 5.41) is 19.4. The number of carbonyl (C=O) groups is 1. The molecule has 0 radical (unpaired) electrons. The van der Waals surface area contributed by atoms with E-state index in [2.05, 4.69) is 0 Å². The number of non-ortho nitro benzene ring substituents is 1. The highest BCUT2D eigenvalue weighted by atomic mass is 19.1. The standard InChI is InChI=1S/C12H15FN2O4/c1-12(2,3)14(7-11(16)17)10-5-4-8(15(18)19)6-9(10)13/h4-6H,7H2,1-3H3,(H,16,17). The molecule has 104 valence electrons. The number of nitro benzene ring substituents is 1. The Labute approximate surface area is 109 Å². The summed E-state index contributed by atoms with van der Waals surface area (Å²) in [5.41, 5.74) is -0.971. The van der Waals surface area contributed by atoms with Gasteiger partial charge in [-0.3, -0.25) is 14.9 Å². The zero-order valence-electron chi connectivity index (χ0n) is 10.9. The molecule has 0 amide bonds. The molecule has 0 unspecified atom stereocenters. The number of aliphatic carboxylic acids is 1. The molecule has 0 atom stereocenters. The summed E-state index contributed by atoms with van der Waals surface area (Å²) in [6.45, 7) is 4.81. The van der Waals surface area contributed by atoms with Crippen LogP contribution in [0.5, 0.6) is 0 Å². The Bertz CT molecular complexity index is 511. The van der Waals surface area contributed by atoms with Crippen molar-refractivity contribution in [1.82, 2.24) is 0 Å². The van der Waals surface area contributed by atoms with Crippen LogP contribution >= 0.6 is 0 Å². The van der Waals surface area contributed by atoms with Crippen LogP contribution in [0.25, 0.3) is 0 Å². The maximum Gasteiger partial charge on any atom is 0.323 e. The summed E-state index contributed by atoms with van der Waals surface area (Å²) in [4.78, 5) is 22.0. The zero-order valence-corrected chi connectivity index (χ0v) is 10.9. The van der Waals surface area contributed by atoms with Gasteiger partial charge in [-0.1, -0.05) is 0 Å². The maximum absolute atomic E-state index is 13.9. The van der Waals surface area contributed by atoms with Crippen molar-refractivity contribution in [3.05, 3.63) is 34.1 Å². The highest BCUT2D eigenvalue weighted by molar-refractivity contribution is 5.74. The van der Waals surface area contributed by atoms with Gasteiger partial charge in [0.05, 0.1) is 16.7 Å². The summed E-state index contributed by atoms with van der Waals surface area (Å²) in [7, 11) is 0. The summed E-state index contributed by atoms with van der Waals surface area (Å²) in [6, 6.07) is 3.16. The summed E-state index contributed by atoms with van der Waals surface area (Å²) >= 11 is 0. The number of hydrogen-bond donors (Lipinski definition) is 1. The van der Waals surface area contributed by atoms with E-state index in [1.54, 1.807) is 20.8 Å². The van der Waals surface area contributed by atoms with E-state index < -0.39 is 28.8 Å². The Morgan fingerprint density at radius 2 is 2.05 bits per heavy atom. The van der Waals surface area contributed by atoms with Crippen molar-refractivity contribution in [2.24, 2.45) is 0 Å². The third-order valence-electron chi connectivity index (χ3n) is 2.54. The number of hydrogen-bond acceptors (Lipinski definition) is 4. The molecule has 19 heavy (non-hydrogen) atoms. The molecule has 1 aromatic rings. The molecule has 0 fully saturated rings. The first-order valence-corrected chi connectivity index (χ1v) is 5.56. The molecule has 1 N–H and O–H groups in total. The number of carboxylic acid groups (broad SMARTS) is 1. The lowest BCUT2D eigenvalue weighted by Crippen LogP contribution is -2.45. The average Bonchev–Trinajstić information content (AvgIpc) is 2.24. The molecule has 6 nitrogen and oxygen atoms in total. The highest BCUT2D eigenvalue weighted by Crippen LogP contribution is 2.29. The lowest BCUT2D eigenvalue weighted by Gasteiger charge is -2.36. The van der Waals surface area contributed by atoms with E-state index in [0.29, 0.717) is 0 Å². The number of benzene rings is 1. The fourth-order valence-corrected chi connectivity index (χ4v) is 1.65. The summed E-state index contributed by atoms with van der Waals surface area (Å²) in [5.74, 6) is -1.92. The predicted octanol–water partition coefficient (Wildman–Crippen LogP) is 2.42. The monoisotopic (exact) mass is 270 g/mol. The lowest BCUT2D eigenvalue weighted by molar-refractivity contribution is -0.385. The fraction of sp³-hybridized carbons (Fsp3) is 0.417. The molecule has 0 aliphatic rings. The zero-order chi connectivity index (χ0) is 14.8. The predicted molar refractivity (Wildman–Crippen MR) is 67.8 cm³/mol. The minimum atomic E-state index is -1.10. The minimum Gasteiger partial charge on any atom is -0.480 e. The molecule has 0 saturated heterocycles. The van der Waals surface area contributed by atoms with Crippen LogP contribution in [-0.2, 0) is 4.79 Å². The van der Waals surface area contributed by atoms with Gasteiger partial charge in [0.25, 0.3) is 5.69 Å².